The van der Waals surface area contributed by atoms with Crippen molar-refractivity contribution in [2.24, 2.45) is 9.98 Å². The molecule has 10 heteroatoms. The molecule has 2 amide bonds. The Morgan fingerprint density at radius 3 is 1.30 bits per heavy atom. The van der Waals surface area contributed by atoms with Crippen LogP contribution in [0.3, 0.4) is 0 Å². The molecular formula is C40H46N4O6. The quantitative estimate of drug-likeness (QED) is 0.306. The van der Waals surface area contributed by atoms with Crippen LogP contribution in [0.5, 0.6) is 0 Å². The SMILES string of the molecule is CC1=Nc2ccc(C3=C4C(=O)N(CC(=O)OC(C)(C)C)C(c5ccc6c(c5)C(C)(C)C(C)=N6)=C4C(=O)N3CC(=O)OC(C)(C)C)cc2C1(C)C. The third kappa shape index (κ3) is 5.78. The zero-order valence-corrected chi connectivity index (χ0v) is 31.1. The molecular weight excluding hydrogens is 632 g/mol. The monoisotopic (exact) mass is 678 g/mol. The van der Waals surface area contributed by atoms with Crippen LogP contribution in [0, 0.1) is 0 Å². The van der Waals surface area contributed by atoms with E-state index in [9.17, 15) is 19.2 Å². The first-order valence-electron chi connectivity index (χ1n) is 17.0. The van der Waals surface area contributed by atoms with Crippen LogP contribution in [0.4, 0.5) is 11.4 Å². The van der Waals surface area contributed by atoms with Crippen LogP contribution >= 0.6 is 0 Å². The van der Waals surface area contributed by atoms with Crippen molar-refractivity contribution >= 4 is 57.9 Å². The summed E-state index contributed by atoms with van der Waals surface area (Å²) >= 11 is 0. The molecule has 0 fully saturated rings. The molecule has 0 saturated heterocycles. The maximum atomic E-state index is 14.8. The molecule has 4 heterocycles. The number of carbonyl (C=O) groups excluding carboxylic acids is 4. The first-order chi connectivity index (χ1) is 23.0. The van der Waals surface area contributed by atoms with Crippen LogP contribution in [0.1, 0.15) is 105 Å². The lowest BCUT2D eigenvalue weighted by Crippen LogP contribution is -2.38. The number of benzene rings is 2. The number of hydrogen-bond acceptors (Lipinski definition) is 8. The highest BCUT2D eigenvalue weighted by molar-refractivity contribution is 6.31. The molecule has 0 aliphatic carbocycles. The summed E-state index contributed by atoms with van der Waals surface area (Å²) in [5.41, 5.74) is 4.99. The van der Waals surface area contributed by atoms with Gasteiger partial charge in [-0.3, -0.25) is 39.0 Å². The molecule has 6 rings (SSSR count). The number of esters is 2. The summed E-state index contributed by atoms with van der Waals surface area (Å²) in [6.45, 7) is 22.0. The number of carbonyl (C=O) groups is 4. The number of aliphatic imine (C=N–C) groups is 2. The van der Waals surface area contributed by atoms with Gasteiger partial charge in [-0.15, -0.1) is 0 Å². The Morgan fingerprint density at radius 2 is 0.980 bits per heavy atom. The van der Waals surface area contributed by atoms with E-state index < -0.39 is 58.9 Å². The molecule has 0 N–H and O–H groups in total. The van der Waals surface area contributed by atoms with Crippen molar-refractivity contribution in [3.8, 4) is 0 Å². The zero-order valence-electron chi connectivity index (χ0n) is 31.1. The Morgan fingerprint density at radius 1 is 0.640 bits per heavy atom. The largest absolute Gasteiger partial charge is 0.459 e. The van der Waals surface area contributed by atoms with E-state index in [-0.39, 0.29) is 22.5 Å². The number of hydrogen-bond donors (Lipinski definition) is 0. The van der Waals surface area contributed by atoms with Crippen LogP contribution < -0.4 is 0 Å². The van der Waals surface area contributed by atoms with Gasteiger partial charge < -0.3 is 9.47 Å². The van der Waals surface area contributed by atoms with E-state index in [4.69, 9.17) is 19.5 Å². The van der Waals surface area contributed by atoms with E-state index in [1.54, 1.807) is 41.5 Å². The molecule has 0 saturated carbocycles. The molecule has 0 aromatic heterocycles. The smallest absolute Gasteiger partial charge is 0.326 e. The Hall–Kier alpha value is -4.86. The molecule has 50 heavy (non-hydrogen) atoms. The summed E-state index contributed by atoms with van der Waals surface area (Å²) in [4.78, 5) is 68.4. The van der Waals surface area contributed by atoms with Gasteiger partial charge in [-0.1, -0.05) is 39.8 Å². The number of rotatable bonds is 6. The predicted octanol–water partition coefficient (Wildman–Crippen LogP) is 6.94. The summed E-state index contributed by atoms with van der Waals surface area (Å²) in [6, 6.07) is 11.3. The summed E-state index contributed by atoms with van der Waals surface area (Å²) in [5, 5.41) is 0. The summed E-state index contributed by atoms with van der Waals surface area (Å²) in [6.07, 6.45) is 0. The minimum Gasteiger partial charge on any atom is -0.459 e. The van der Waals surface area contributed by atoms with Gasteiger partial charge in [0.15, 0.2) is 0 Å². The standard InChI is InChI=1S/C40H46N4O6/c1-21-39(9,10)25-17-23(13-15-27(25)41-21)33-31-32(36(48)43(33)19-29(45)49-37(3,4)5)34(44(35(31)47)20-30(46)50-38(6,7)8)24-14-16-28-26(18-24)40(11,12)22(2)42-28/h13-18H,19-20H2,1-12H3. The maximum absolute atomic E-state index is 14.8. The number of ether oxygens (including phenoxy) is 2. The van der Waals surface area contributed by atoms with E-state index in [2.05, 4.69) is 27.7 Å². The second-order valence-electron chi connectivity index (χ2n) is 16.5. The van der Waals surface area contributed by atoms with Crippen LogP contribution in [0.15, 0.2) is 57.5 Å². The van der Waals surface area contributed by atoms with Crippen LogP contribution in [-0.4, -0.2) is 69.3 Å². The maximum Gasteiger partial charge on any atom is 0.326 e. The highest BCUT2D eigenvalue weighted by Crippen LogP contribution is 2.50. The average Bonchev–Trinajstić information content (AvgIpc) is 3.57. The zero-order chi connectivity index (χ0) is 36.9. The van der Waals surface area contributed by atoms with Crippen LogP contribution in [0.25, 0.3) is 11.4 Å². The van der Waals surface area contributed by atoms with Crippen molar-refractivity contribution < 1.29 is 28.7 Å². The molecule has 0 spiro atoms. The number of nitrogens with zero attached hydrogens (tertiary/aromatic N) is 4. The average molecular weight is 679 g/mol. The normalized spacial score (nSPS) is 19.1. The Labute approximate surface area is 293 Å². The van der Waals surface area contributed by atoms with Crippen molar-refractivity contribution in [1.29, 1.82) is 0 Å². The van der Waals surface area contributed by atoms with Gasteiger partial charge in [-0.05, 0) is 102 Å². The molecule has 4 aliphatic rings. The highest BCUT2D eigenvalue weighted by atomic mass is 16.6. The number of fused-ring (bicyclic) bond motifs is 3. The fourth-order valence-corrected chi connectivity index (χ4v) is 6.90. The summed E-state index contributed by atoms with van der Waals surface area (Å²) in [5.74, 6) is -2.29. The van der Waals surface area contributed by atoms with E-state index >= 15 is 0 Å². The molecule has 0 unspecified atom stereocenters. The van der Waals surface area contributed by atoms with E-state index in [0.717, 1.165) is 33.9 Å². The fourth-order valence-electron chi connectivity index (χ4n) is 6.90. The topological polar surface area (TPSA) is 118 Å². The Balaban J connectivity index is 1.59. The molecule has 262 valence electrons. The molecule has 2 aromatic carbocycles. The predicted molar refractivity (Wildman–Crippen MR) is 193 cm³/mol. The fraction of sp³-hybridized carbons (Fsp3) is 0.450. The van der Waals surface area contributed by atoms with Crippen LogP contribution in [-0.2, 0) is 39.5 Å². The lowest BCUT2D eigenvalue weighted by atomic mass is 9.81. The van der Waals surface area contributed by atoms with Crippen molar-refractivity contribution in [3.05, 3.63) is 69.8 Å². The number of amides is 2. The molecule has 0 bridgehead atoms. The highest BCUT2D eigenvalue weighted by Gasteiger charge is 2.51. The Bertz CT molecular complexity index is 1880. The van der Waals surface area contributed by atoms with Gasteiger partial charge in [0, 0.05) is 22.3 Å². The third-order valence-electron chi connectivity index (χ3n) is 9.87. The first-order valence-corrected chi connectivity index (χ1v) is 17.0. The van der Waals surface area contributed by atoms with Crippen LogP contribution in [0.2, 0.25) is 0 Å². The van der Waals surface area contributed by atoms with Gasteiger partial charge in [0.05, 0.1) is 33.9 Å². The van der Waals surface area contributed by atoms with Crippen molar-refractivity contribution in [1.82, 2.24) is 9.80 Å². The third-order valence-corrected chi connectivity index (χ3v) is 9.87. The minimum absolute atomic E-state index is 0.123. The van der Waals surface area contributed by atoms with Crippen molar-refractivity contribution in [2.45, 2.75) is 105 Å². The summed E-state index contributed by atoms with van der Waals surface area (Å²) in [7, 11) is 0. The lowest BCUT2D eigenvalue weighted by molar-refractivity contribution is -0.157. The van der Waals surface area contributed by atoms with Crippen molar-refractivity contribution in [3.63, 3.8) is 0 Å². The second-order valence-corrected chi connectivity index (χ2v) is 16.5. The summed E-state index contributed by atoms with van der Waals surface area (Å²) < 4.78 is 11.3. The Kier molecular flexibility index (Phi) is 7.93. The van der Waals surface area contributed by atoms with E-state index in [1.165, 1.54) is 9.80 Å². The molecule has 10 nitrogen and oxygen atoms in total. The van der Waals surface area contributed by atoms with Crippen molar-refractivity contribution in [2.75, 3.05) is 13.1 Å². The minimum atomic E-state index is -0.794. The van der Waals surface area contributed by atoms with Gasteiger partial charge in [0.25, 0.3) is 11.8 Å². The first kappa shape index (κ1) is 35.0. The second kappa shape index (κ2) is 11.3. The van der Waals surface area contributed by atoms with Gasteiger partial charge in [0.1, 0.15) is 24.3 Å². The molecule has 4 aliphatic heterocycles. The molecule has 0 radical (unpaired) electrons. The molecule has 0 atom stereocenters. The van der Waals surface area contributed by atoms with Gasteiger partial charge in [-0.25, -0.2) is 0 Å². The van der Waals surface area contributed by atoms with Gasteiger partial charge in [-0.2, -0.15) is 0 Å². The van der Waals surface area contributed by atoms with Gasteiger partial charge in [0.2, 0.25) is 0 Å². The van der Waals surface area contributed by atoms with E-state index in [1.807, 2.05) is 50.2 Å². The lowest BCUT2D eigenvalue weighted by Gasteiger charge is -2.28. The van der Waals surface area contributed by atoms with E-state index in [0.29, 0.717) is 11.1 Å². The molecule has 2 aromatic rings. The van der Waals surface area contributed by atoms with Gasteiger partial charge >= 0.3 is 11.9 Å².